The first-order valence-corrected chi connectivity index (χ1v) is 11.7. The highest BCUT2D eigenvalue weighted by molar-refractivity contribution is 7.10. The average Bonchev–Trinajstić information content (AvgIpc) is 3.51. The summed E-state index contributed by atoms with van der Waals surface area (Å²) in [6.07, 6.45) is 5.47. The summed E-state index contributed by atoms with van der Waals surface area (Å²) in [5.74, 6) is -0.364. The second kappa shape index (κ2) is 10.5. The van der Waals surface area contributed by atoms with Gasteiger partial charge < -0.3 is 10.1 Å². The van der Waals surface area contributed by atoms with Crippen molar-refractivity contribution in [3.05, 3.63) is 82.3 Å². The zero-order valence-electron chi connectivity index (χ0n) is 18.1. The first kappa shape index (κ1) is 22.2. The Bertz CT molecular complexity index is 1020. The van der Waals surface area contributed by atoms with Gasteiger partial charge in [0, 0.05) is 36.1 Å². The van der Waals surface area contributed by atoms with E-state index in [9.17, 15) is 9.59 Å². The molecule has 4 rings (SSSR count). The Morgan fingerprint density at radius 3 is 2.62 bits per heavy atom. The van der Waals surface area contributed by atoms with Crippen molar-refractivity contribution in [3.63, 3.8) is 0 Å². The number of anilines is 1. The van der Waals surface area contributed by atoms with Gasteiger partial charge in [-0.3, -0.25) is 19.5 Å². The molecule has 0 unspecified atom stereocenters. The third-order valence-corrected chi connectivity index (χ3v) is 6.42. The maximum atomic E-state index is 13.6. The summed E-state index contributed by atoms with van der Waals surface area (Å²) < 4.78 is 5.66. The van der Waals surface area contributed by atoms with Crippen LogP contribution in [-0.2, 0) is 20.7 Å². The van der Waals surface area contributed by atoms with E-state index in [4.69, 9.17) is 4.74 Å². The Labute approximate surface area is 192 Å². The number of nitrogens with zero attached hydrogens (tertiary/aromatic N) is 2. The van der Waals surface area contributed by atoms with Crippen LogP contribution in [0.1, 0.15) is 34.9 Å². The number of aryl methyl sites for hydroxylation is 1. The minimum absolute atomic E-state index is 0.0201. The molecule has 1 fully saturated rings. The Morgan fingerprint density at radius 1 is 1.19 bits per heavy atom. The molecule has 0 spiro atoms. The summed E-state index contributed by atoms with van der Waals surface area (Å²) in [6, 6.07) is 14.3. The summed E-state index contributed by atoms with van der Waals surface area (Å²) >= 11 is 1.53. The average molecular weight is 450 g/mol. The maximum Gasteiger partial charge on any atom is 0.247 e. The van der Waals surface area contributed by atoms with Crippen molar-refractivity contribution in [2.75, 3.05) is 18.1 Å². The predicted molar refractivity (Wildman–Crippen MR) is 126 cm³/mol. The van der Waals surface area contributed by atoms with Gasteiger partial charge in [-0.2, -0.15) is 0 Å². The van der Waals surface area contributed by atoms with Gasteiger partial charge >= 0.3 is 0 Å². The summed E-state index contributed by atoms with van der Waals surface area (Å²) in [5.41, 5.74) is 2.49. The van der Waals surface area contributed by atoms with Crippen molar-refractivity contribution in [2.45, 2.75) is 38.3 Å². The Balaban J connectivity index is 1.68. The fraction of sp³-hybridized carbons (Fsp3) is 0.320. The minimum Gasteiger partial charge on any atom is -0.376 e. The first-order chi connectivity index (χ1) is 15.6. The van der Waals surface area contributed by atoms with E-state index >= 15 is 0 Å². The lowest BCUT2D eigenvalue weighted by molar-refractivity contribution is -0.126. The van der Waals surface area contributed by atoms with Crippen molar-refractivity contribution in [2.24, 2.45) is 0 Å². The van der Waals surface area contributed by atoms with Gasteiger partial charge in [0.1, 0.15) is 6.04 Å². The van der Waals surface area contributed by atoms with Crippen LogP contribution in [-0.4, -0.2) is 36.1 Å². The molecular formula is C25H27N3O3S. The minimum atomic E-state index is -0.811. The third kappa shape index (κ3) is 5.41. The number of nitrogens with one attached hydrogen (secondary N) is 1. The maximum absolute atomic E-state index is 13.6. The number of aromatic nitrogens is 1. The lowest BCUT2D eigenvalue weighted by Crippen LogP contribution is -2.46. The molecule has 1 aliphatic rings. The molecule has 32 heavy (non-hydrogen) atoms. The van der Waals surface area contributed by atoms with Gasteiger partial charge in [0.2, 0.25) is 11.8 Å². The summed E-state index contributed by atoms with van der Waals surface area (Å²) in [6.45, 7) is 3.15. The van der Waals surface area contributed by atoms with Crippen LogP contribution >= 0.6 is 11.3 Å². The van der Waals surface area contributed by atoms with Crippen molar-refractivity contribution in [1.82, 2.24) is 10.3 Å². The smallest absolute Gasteiger partial charge is 0.247 e. The van der Waals surface area contributed by atoms with Crippen LogP contribution in [0.4, 0.5) is 5.69 Å². The molecule has 6 nitrogen and oxygen atoms in total. The number of carbonyl (C=O) groups excluding carboxylic acids is 2. The molecule has 1 saturated heterocycles. The number of hydrogen-bond donors (Lipinski definition) is 1. The molecule has 2 atom stereocenters. The largest absolute Gasteiger partial charge is 0.376 e. The Morgan fingerprint density at radius 2 is 1.97 bits per heavy atom. The molecule has 7 heteroatoms. The SMILES string of the molecule is Cc1ccc(N(C(=O)Cc2cccs2)[C@H](C(=O)NC[C@H]2CCCO2)c2ccncc2)cc1. The number of pyridine rings is 1. The molecule has 2 aromatic heterocycles. The topological polar surface area (TPSA) is 71.5 Å². The summed E-state index contributed by atoms with van der Waals surface area (Å²) in [5, 5.41) is 4.97. The molecule has 0 saturated carbocycles. The van der Waals surface area contributed by atoms with Gasteiger partial charge in [-0.15, -0.1) is 11.3 Å². The summed E-state index contributed by atoms with van der Waals surface area (Å²) in [4.78, 5) is 33.8. The zero-order chi connectivity index (χ0) is 22.3. The zero-order valence-corrected chi connectivity index (χ0v) is 18.9. The van der Waals surface area contributed by atoms with Gasteiger partial charge in [-0.05, 0) is 61.0 Å². The van der Waals surface area contributed by atoms with Crippen LogP contribution in [0.5, 0.6) is 0 Å². The second-order valence-electron chi connectivity index (χ2n) is 7.92. The highest BCUT2D eigenvalue weighted by atomic mass is 32.1. The monoisotopic (exact) mass is 449 g/mol. The number of hydrogen-bond acceptors (Lipinski definition) is 5. The van der Waals surface area contributed by atoms with E-state index in [1.54, 1.807) is 29.4 Å². The van der Waals surface area contributed by atoms with Gasteiger partial charge in [0.25, 0.3) is 0 Å². The molecule has 0 bridgehead atoms. The van der Waals surface area contributed by atoms with Crippen LogP contribution in [0, 0.1) is 6.92 Å². The van der Waals surface area contributed by atoms with E-state index in [0.717, 1.165) is 29.9 Å². The fourth-order valence-corrected chi connectivity index (χ4v) is 4.57. The number of benzene rings is 1. The molecule has 166 valence electrons. The van der Waals surface area contributed by atoms with Crippen LogP contribution in [0.3, 0.4) is 0 Å². The van der Waals surface area contributed by atoms with Gasteiger partial charge in [0.05, 0.1) is 12.5 Å². The fourth-order valence-electron chi connectivity index (χ4n) is 3.87. The first-order valence-electron chi connectivity index (χ1n) is 10.8. The normalized spacial score (nSPS) is 16.5. The van der Waals surface area contributed by atoms with E-state index in [-0.39, 0.29) is 24.3 Å². The number of amides is 2. The number of thiophene rings is 1. The molecule has 3 heterocycles. The van der Waals surface area contributed by atoms with Gasteiger partial charge in [-0.1, -0.05) is 23.8 Å². The number of carbonyl (C=O) groups is 2. The lowest BCUT2D eigenvalue weighted by Gasteiger charge is -2.32. The summed E-state index contributed by atoms with van der Waals surface area (Å²) in [7, 11) is 0. The quantitative estimate of drug-likeness (QED) is 0.563. The molecular weight excluding hydrogens is 422 g/mol. The van der Waals surface area contributed by atoms with E-state index < -0.39 is 6.04 Å². The highest BCUT2D eigenvalue weighted by Gasteiger charge is 2.33. The van der Waals surface area contributed by atoms with E-state index in [1.807, 2.05) is 48.7 Å². The Kier molecular flexibility index (Phi) is 7.29. The predicted octanol–water partition coefficient (Wildman–Crippen LogP) is 4.06. The molecule has 0 radical (unpaired) electrons. The van der Waals surface area contributed by atoms with E-state index in [1.165, 1.54) is 11.3 Å². The van der Waals surface area contributed by atoms with Crippen LogP contribution < -0.4 is 10.2 Å². The van der Waals surface area contributed by atoms with Crippen LogP contribution in [0.25, 0.3) is 0 Å². The second-order valence-corrected chi connectivity index (χ2v) is 8.95. The van der Waals surface area contributed by atoms with Crippen molar-refractivity contribution in [3.8, 4) is 0 Å². The molecule has 1 aromatic carbocycles. The van der Waals surface area contributed by atoms with Crippen molar-refractivity contribution >= 4 is 28.8 Å². The van der Waals surface area contributed by atoms with Gasteiger partial charge in [-0.25, -0.2) is 0 Å². The highest BCUT2D eigenvalue weighted by Crippen LogP contribution is 2.29. The molecule has 1 aliphatic heterocycles. The van der Waals surface area contributed by atoms with Crippen LogP contribution in [0.15, 0.2) is 66.3 Å². The number of rotatable bonds is 8. The third-order valence-electron chi connectivity index (χ3n) is 5.54. The molecule has 2 amide bonds. The van der Waals surface area contributed by atoms with Crippen LogP contribution in [0.2, 0.25) is 0 Å². The molecule has 3 aromatic rings. The number of ether oxygens (including phenoxy) is 1. The van der Waals surface area contributed by atoms with E-state index in [0.29, 0.717) is 17.8 Å². The lowest BCUT2D eigenvalue weighted by atomic mass is 10.0. The van der Waals surface area contributed by atoms with Crippen molar-refractivity contribution in [1.29, 1.82) is 0 Å². The standard InChI is InChI=1S/C25H27N3O3S/c1-18-6-8-20(9-7-18)28(23(29)16-22-5-3-15-32-22)24(19-10-12-26-13-11-19)25(30)27-17-21-4-2-14-31-21/h3,5-13,15,21,24H,2,4,14,16-17H2,1H3,(H,27,30)/t21-,24+/m1/s1. The molecule has 1 N–H and O–H groups in total. The van der Waals surface area contributed by atoms with E-state index in [2.05, 4.69) is 10.3 Å². The molecule has 0 aliphatic carbocycles. The Hall–Kier alpha value is -3.03. The van der Waals surface area contributed by atoms with Crippen molar-refractivity contribution < 1.29 is 14.3 Å². The van der Waals surface area contributed by atoms with Gasteiger partial charge in [0.15, 0.2) is 0 Å².